The Balaban J connectivity index is 1.06. The zero-order valence-corrected chi connectivity index (χ0v) is 37.7. The van der Waals surface area contributed by atoms with Crippen LogP contribution in [0.3, 0.4) is 0 Å². The molecule has 8 aromatic carbocycles. The maximum Gasteiger partial charge on any atom is 0.227 e. The van der Waals surface area contributed by atoms with Crippen LogP contribution < -0.4 is 4.90 Å². The van der Waals surface area contributed by atoms with E-state index < -0.39 is 0 Å². The van der Waals surface area contributed by atoms with Crippen molar-refractivity contribution in [3.8, 4) is 39.5 Å². The number of aromatic nitrogens is 3. The average Bonchev–Trinajstić information content (AvgIpc) is 3.92. The Morgan fingerprint density at radius 1 is 0.462 bits per heavy atom. The number of nitrogens with zero attached hydrogens (tertiary/aromatic N) is 4. The zero-order chi connectivity index (χ0) is 44.5. The van der Waals surface area contributed by atoms with E-state index in [-0.39, 0.29) is 10.8 Å². The Bertz CT molecular complexity index is 3430. The molecule has 0 aliphatic rings. The van der Waals surface area contributed by atoms with Crippen molar-refractivity contribution >= 4 is 60.7 Å². The van der Waals surface area contributed by atoms with E-state index in [4.69, 9.17) is 9.40 Å². The van der Waals surface area contributed by atoms with Crippen molar-refractivity contribution in [2.45, 2.75) is 52.4 Å². The van der Waals surface area contributed by atoms with Gasteiger partial charge in [-0.05, 0) is 142 Å². The van der Waals surface area contributed by atoms with Crippen molar-refractivity contribution in [1.82, 2.24) is 14.5 Å². The van der Waals surface area contributed by atoms with Crippen LogP contribution in [0.5, 0.6) is 0 Å². The Hall–Kier alpha value is -7.76. The smallest absolute Gasteiger partial charge is 0.227 e. The number of rotatable bonds is 7. The van der Waals surface area contributed by atoms with Gasteiger partial charge in [-0.2, -0.15) is 0 Å². The SMILES string of the molecule is CC(C)(C)c1ccc2c(c1)c1cc(C(C)(C)C)ccc1n2-c1ccc(-c2cc(-c3nc4c(ccc5cc(-c6ccccn6)ccc54)o3)cc(N(c3ccccc3)c3ccccc3)c2)cc1. The maximum atomic E-state index is 6.68. The van der Waals surface area contributed by atoms with Gasteiger partial charge in [0.05, 0.1) is 16.7 Å². The van der Waals surface area contributed by atoms with Crippen molar-refractivity contribution in [2.75, 3.05) is 4.90 Å². The molecule has 0 radical (unpaired) electrons. The number of para-hydroxylation sites is 2. The van der Waals surface area contributed by atoms with Crippen molar-refractivity contribution < 1.29 is 4.42 Å². The monoisotopic (exact) mass is 842 g/mol. The molecule has 316 valence electrons. The summed E-state index contributed by atoms with van der Waals surface area (Å²) in [5.74, 6) is 0.566. The molecule has 0 aliphatic carbocycles. The standard InChI is InChI=1S/C60H50N4O/c1-59(2,3)44-24-29-54-51(37-44)52-38-45(60(4,5)6)25-30-55(52)64(54)48-26-20-39(21-27-48)42-34-43(36-49(35-42)63(46-15-9-7-10-16-46)47-17-11-8-12-18-47)58-62-57-50-28-22-41(53-19-13-14-32-61-53)33-40(50)23-31-56(57)65-58/h7-38H,1-6H3. The average molecular weight is 843 g/mol. The Labute approximate surface area is 380 Å². The molecular weight excluding hydrogens is 793 g/mol. The highest BCUT2D eigenvalue weighted by Gasteiger charge is 2.22. The Morgan fingerprint density at radius 2 is 1.06 bits per heavy atom. The van der Waals surface area contributed by atoms with E-state index in [1.807, 2.05) is 30.5 Å². The third kappa shape index (κ3) is 7.33. The van der Waals surface area contributed by atoms with Crippen LogP contribution in [0.4, 0.5) is 17.1 Å². The summed E-state index contributed by atoms with van der Waals surface area (Å²) in [5, 5.41) is 4.68. The molecule has 5 heteroatoms. The van der Waals surface area contributed by atoms with Crippen molar-refractivity contribution in [3.63, 3.8) is 0 Å². The van der Waals surface area contributed by atoms with E-state index >= 15 is 0 Å². The second-order valence-corrected chi connectivity index (χ2v) is 19.2. The number of pyridine rings is 1. The highest BCUT2D eigenvalue weighted by molar-refractivity contribution is 6.10. The number of anilines is 3. The summed E-state index contributed by atoms with van der Waals surface area (Å²) in [5.41, 5.74) is 16.0. The number of oxazole rings is 1. The maximum absolute atomic E-state index is 6.68. The van der Waals surface area contributed by atoms with E-state index in [1.54, 1.807) is 0 Å². The molecule has 0 bridgehead atoms. The summed E-state index contributed by atoms with van der Waals surface area (Å²) < 4.78 is 9.10. The molecule has 0 spiro atoms. The quantitative estimate of drug-likeness (QED) is 0.160. The third-order valence-corrected chi connectivity index (χ3v) is 12.7. The molecule has 0 amide bonds. The zero-order valence-electron chi connectivity index (χ0n) is 37.7. The molecule has 0 unspecified atom stereocenters. The van der Waals surface area contributed by atoms with Crippen LogP contribution in [-0.2, 0) is 10.8 Å². The summed E-state index contributed by atoms with van der Waals surface area (Å²) in [6, 6.07) is 67.3. The predicted molar refractivity (Wildman–Crippen MR) is 272 cm³/mol. The molecule has 3 aromatic heterocycles. The van der Waals surface area contributed by atoms with Gasteiger partial charge in [0.15, 0.2) is 5.58 Å². The van der Waals surface area contributed by atoms with Crippen LogP contribution in [0.1, 0.15) is 52.7 Å². The van der Waals surface area contributed by atoms with Gasteiger partial charge in [0, 0.05) is 56.2 Å². The second-order valence-electron chi connectivity index (χ2n) is 19.2. The largest absolute Gasteiger partial charge is 0.436 e. The lowest BCUT2D eigenvalue weighted by molar-refractivity contribution is 0.590. The van der Waals surface area contributed by atoms with Crippen molar-refractivity contribution in [1.29, 1.82) is 0 Å². The molecule has 3 heterocycles. The normalized spacial score (nSPS) is 12.2. The van der Waals surface area contributed by atoms with E-state index in [0.29, 0.717) is 5.89 Å². The van der Waals surface area contributed by atoms with E-state index in [0.717, 1.165) is 72.6 Å². The molecule has 5 nitrogen and oxygen atoms in total. The van der Waals surface area contributed by atoms with Crippen LogP contribution in [0, 0.1) is 0 Å². The highest BCUT2D eigenvalue weighted by atomic mass is 16.3. The number of hydrogen-bond acceptors (Lipinski definition) is 4. The van der Waals surface area contributed by atoms with Gasteiger partial charge in [0.1, 0.15) is 5.52 Å². The first-order chi connectivity index (χ1) is 31.5. The second kappa shape index (κ2) is 15.5. The van der Waals surface area contributed by atoms with Crippen LogP contribution in [0.15, 0.2) is 199 Å². The van der Waals surface area contributed by atoms with Crippen LogP contribution in [-0.4, -0.2) is 14.5 Å². The predicted octanol–water partition coefficient (Wildman–Crippen LogP) is 16.5. The Morgan fingerprint density at radius 3 is 1.66 bits per heavy atom. The van der Waals surface area contributed by atoms with Gasteiger partial charge >= 0.3 is 0 Å². The van der Waals surface area contributed by atoms with Gasteiger partial charge in [0.2, 0.25) is 5.89 Å². The van der Waals surface area contributed by atoms with Crippen molar-refractivity contribution in [2.24, 2.45) is 0 Å². The van der Waals surface area contributed by atoms with Gasteiger partial charge in [0.25, 0.3) is 0 Å². The lowest BCUT2D eigenvalue weighted by Gasteiger charge is -2.26. The third-order valence-electron chi connectivity index (χ3n) is 12.7. The summed E-state index contributed by atoms with van der Waals surface area (Å²) >= 11 is 0. The van der Waals surface area contributed by atoms with Gasteiger partial charge in [-0.25, -0.2) is 4.98 Å². The fourth-order valence-corrected chi connectivity index (χ4v) is 9.21. The van der Waals surface area contributed by atoms with Crippen LogP contribution >= 0.6 is 0 Å². The van der Waals surface area contributed by atoms with Gasteiger partial charge in [-0.3, -0.25) is 4.98 Å². The minimum absolute atomic E-state index is 0.0338. The summed E-state index contributed by atoms with van der Waals surface area (Å²) in [6.07, 6.45) is 1.83. The van der Waals surface area contributed by atoms with E-state index in [1.165, 1.54) is 32.9 Å². The molecule has 0 aliphatic heterocycles. The van der Waals surface area contributed by atoms with Crippen LogP contribution in [0.2, 0.25) is 0 Å². The lowest BCUT2D eigenvalue weighted by atomic mass is 9.85. The molecule has 0 fully saturated rings. The molecule has 0 saturated heterocycles. The fourth-order valence-electron chi connectivity index (χ4n) is 9.21. The van der Waals surface area contributed by atoms with Gasteiger partial charge in [-0.15, -0.1) is 0 Å². The summed E-state index contributed by atoms with van der Waals surface area (Å²) in [7, 11) is 0. The van der Waals surface area contributed by atoms with Gasteiger partial charge < -0.3 is 13.9 Å². The Kier molecular flexibility index (Phi) is 9.55. The summed E-state index contributed by atoms with van der Waals surface area (Å²) in [4.78, 5) is 12.1. The lowest BCUT2D eigenvalue weighted by Crippen LogP contribution is -2.10. The van der Waals surface area contributed by atoms with E-state index in [9.17, 15) is 0 Å². The van der Waals surface area contributed by atoms with Crippen molar-refractivity contribution in [3.05, 3.63) is 205 Å². The molecule has 0 N–H and O–H groups in total. The van der Waals surface area contributed by atoms with E-state index in [2.05, 4.69) is 220 Å². The molecule has 11 aromatic rings. The number of fused-ring (bicyclic) bond motifs is 6. The molecule has 0 saturated carbocycles. The minimum atomic E-state index is 0.0338. The minimum Gasteiger partial charge on any atom is -0.436 e. The molecular formula is C60H50N4O. The number of hydrogen-bond donors (Lipinski definition) is 0. The first kappa shape index (κ1) is 40.0. The van der Waals surface area contributed by atoms with Gasteiger partial charge in [-0.1, -0.05) is 126 Å². The highest BCUT2D eigenvalue weighted by Crippen LogP contribution is 2.42. The molecule has 0 atom stereocenters. The number of benzene rings is 8. The fraction of sp³-hybridized carbons (Fsp3) is 0.133. The first-order valence-electron chi connectivity index (χ1n) is 22.5. The molecule has 11 rings (SSSR count). The van der Waals surface area contributed by atoms with Crippen LogP contribution in [0.25, 0.3) is 83.2 Å². The molecule has 65 heavy (non-hydrogen) atoms. The summed E-state index contributed by atoms with van der Waals surface area (Å²) in [6.45, 7) is 13.7. The first-order valence-corrected chi connectivity index (χ1v) is 22.5. The topological polar surface area (TPSA) is 47.1 Å².